The van der Waals surface area contributed by atoms with E-state index < -0.39 is 11.7 Å². The molecule has 1 nitrogen and oxygen atoms in total. The average molecular weight is 336 g/mol. The lowest BCUT2D eigenvalue weighted by atomic mass is 9.91. The summed E-state index contributed by atoms with van der Waals surface area (Å²) in [5.74, 6) is 0. The van der Waals surface area contributed by atoms with Crippen LogP contribution in [-0.2, 0) is 12.7 Å². The molecule has 0 N–H and O–H groups in total. The second-order valence-electron chi connectivity index (χ2n) is 4.94. The maximum atomic E-state index is 12.7. The number of alkyl halides is 4. The van der Waals surface area contributed by atoms with Crippen LogP contribution in [0.15, 0.2) is 24.3 Å². The summed E-state index contributed by atoms with van der Waals surface area (Å²) in [6.45, 7) is 1.47. The molecule has 0 unspecified atom stereocenters. The van der Waals surface area contributed by atoms with Crippen molar-refractivity contribution in [3.63, 3.8) is 0 Å². The summed E-state index contributed by atoms with van der Waals surface area (Å²) in [7, 11) is 0. The van der Waals surface area contributed by atoms with Crippen LogP contribution >= 0.6 is 15.9 Å². The van der Waals surface area contributed by atoms with E-state index in [0.717, 1.165) is 36.3 Å². The van der Waals surface area contributed by atoms with E-state index in [1.54, 1.807) is 6.07 Å². The molecule has 0 aromatic heterocycles. The van der Waals surface area contributed by atoms with Crippen molar-refractivity contribution in [1.82, 2.24) is 4.90 Å². The first-order valence-electron chi connectivity index (χ1n) is 6.47. The maximum absolute atomic E-state index is 12.7. The van der Waals surface area contributed by atoms with Gasteiger partial charge in [-0.3, -0.25) is 4.90 Å². The van der Waals surface area contributed by atoms with Gasteiger partial charge in [-0.25, -0.2) is 0 Å². The molecule has 5 heteroatoms. The zero-order chi connectivity index (χ0) is 13.9. The molecule has 2 rings (SSSR count). The lowest BCUT2D eigenvalue weighted by Gasteiger charge is -2.37. The van der Waals surface area contributed by atoms with Crippen LogP contribution in [0.1, 0.15) is 30.4 Å². The molecule has 1 fully saturated rings. The van der Waals surface area contributed by atoms with Gasteiger partial charge in [0.05, 0.1) is 5.56 Å². The largest absolute Gasteiger partial charge is 0.416 e. The van der Waals surface area contributed by atoms with Crippen LogP contribution < -0.4 is 0 Å². The third kappa shape index (κ3) is 3.96. The highest BCUT2D eigenvalue weighted by Gasteiger charge is 2.31. The topological polar surface area (TPSA) is 3.24 Å². The molecule has 1 aliphatic rings. The third-order valence-corrected chi connectivity index (χ3v) is 3.96. The standard InChI is InChI=1S/C14H17BrF3N/c15-7-8-19(13-5-2-6-13)10-11-3-1-4-12(9-11)14(16,17)18/h1,3-4,9,13H,2,5-8,10H2. The van der Waals surface area contributed by atoms with Crippen molar-refractivity contribution in [3.8, 4) is 0 Å². The van der Waals surface area contributed by atoms with Crippen LogP contribution in [-0.4, -0.2) is 22.8 Å². The van der Waals surface area contributed by atoms with Crippen molar-refractivity contribution >= 4 is 15.9 Å². The summed E-state index contributed by atoms with van der Waals surface area (Å²) in [6.07, 6.45) is -0.712. The van der Waals surface area contributed by atoms with E-state index in [1.807, 2.05) is 0 Å². The van der Waals surface area contributed by atoms with E-state index in [1.165, 1.54) is 18.6 Å². The predicted octanol–water partition coefficient (Wildman–Crippen LogP) is 4.45. The van der Waals surface area contributed by atoms with E-state index >= 15 is 0 Å². The van der Waals surface area contributed by atoms with Crippen molar-refractivity contribution in [1.29, 1.82) is 0 Å². The van der Waals surface area contributed by atoms with Crippen LogP contribution in [0, 0.1) is 0 Å². The molecule has 0 saturated heterocycles. The Labute approximate surface area is 119 Å². The first-order chi connectivity index (χ1) is 9.00. The van der Waals surface area contributed by atoms with Crippen molar-refractivity contribution in [2.75, 3.05) is 11.9 Å². The molecule has 1 aliphatic carbocycles. The van der Waals surface area contributed by atoms with Crippen LogP contribution in [0.2, 0.25) is 0 Å². The lowest BCUT2D eigenvalue weighted by Crippen LogP contribution is -2.40. The molecule has 19 heavy (non-hydrogen) atoms. The van der Waals surface area contributed by atoms with Crippen LogP contribution in [0.5, 0.6) is 0 Å². The average Bonchev–Trinajstić information content (AvgIpc) is 2.26. The summed E-state index contributed by atoms with van der Waals surface area (Å²) in [6, 6.07) is 6.19. The molecule has 106 valence electrons. The van der Waals surface area contributed by atoms with Gasteiger partial charge in [-0.15, -0.1) is 0 Å². The number of halogens is 4. The minimum Gasteiger partial charge on any atom is -0.295 e. The Balaban J connectivity index is 2.08. The van der Waals surface area contributed by atoms with Gasteiger partial charge in [-0.2, -0.15) is 13.2 Å². The Morgan fingerprint density at radius 1 is 1.26 bits per heavy atom. The first-order valence-corrected chi connectivity index (χ1v) is 7.59. The summed E-state index contributed by atoms with van der Waals surface area (Å²) in [5.41, 5.74) is 0.181. The highest BCUT2D eigenvalue weighted by molar-refractivity contribution is 9.09. The van der Waals surface area contributed by atoms with Gasteiger partial charge in [0.25, 0.3) is 0 Å². The van der Waals surface area contributed by atoms with Crippen molar-refractivity contribution in [3.05, 3.63) is 35.4 Å². The van der Waals surface area contributed by atoms with Gasteiger partial charge < -0.3 is 0 Å². The van der Waals surface area contributed by atoms with E-state index in [2.05, 4.69) is 20.8 Å². The molecule has 0 radical (unpaired) electrons. The molecular weight excluding hydrogens is 319 g/mol. The summed E-state index contributed by atoms with van der Waals surface area (Å²) in [4.78, 5) is 2.27. The summed E-state index contributed by atoms with van der Waals surface area (Å²) >= 11 is 3.41. The Kier molecular flexibility index (Phi) is 4.90. The van der Waals surface area contributed by atoms with E-state index in [9.17, 15) is 13.2 Å². The van der Waals surface area contributed by atoms with Crippen LogP contribution in [0.25, 0.3) is 0 Å². The van der Waals surface area contributed by atoms with E-state index in [4.69, 9.17) is 0 Å². The van der Waals surface area contributed by atoms with Gasteiger partial charge >= 0.3 is 6.18 Å². The zero-order valence-electron chi connectivity index (χ0n) is 10.6. The molecule has 1 aromatic carbocycles. The highest BCUT2D eigenvalue weighted by Crippen LogP contribution is 2.31. The molecule has 0 amide bonds. The Bertz CT molecular complexity index is 415. The number of rotatable bonds is 5. The van der Waals surface area contributed by atoms with E-state index in [0.29, 0.717) is 12.6 Å². The van der Waals surface area contributed by atoms with Crippen LogP contribution in [0.4, 0.5) is 13.2 Å². The molecule has 1 saturated carbocycles. The van der Waals surface area contributed by atoms with Gasteiger partial charge in [-0.05, 0) is 24.5 Å². The first kappa shape index (κ1) is 14.9. The summed E-state index contributed by atoms with van der Waals surface area (Å²) < 4.78 is 38.0. The minimum absolute atomic E-state index is 0.534. The van der Waals surface area contributed by atoms with Crippen molar-refractivity contribution in [2.24, 2.45) is 0 Å². The second-order valence-corrected chi connectivity index (χ2v) is 5.74. The van der Waals surface area contributed by atoms with Gasteiger partial charge in [0.2, 0.25) is 0 Å². The molecular formula is C14H17BrF3N. The second kappa shape index (κ2) is 6.27. The van der Waals surface area contributed by atoms with Gasteiger partial charge in [0.15, 0.2) is 0 Å². The maximum Gasteiger partial charge on any atom is 0.416 e. The van der Waals surface area contributed by atoms with Crippen LogP contribution in [0.3, 0.4) is 0 Å². The number of hydrogen-bond donors (Lipinski definition) is 0. The van der Waals surface area contributed by atoms with Gasteiger partial charge in [-0.1, -0.05) is 40.5 Å². The Morgan fingerprint density at radius 3 is 2.53 bits per heavy atom. The fourth-order valence-electron chi connectivity index (χ4n) is 2.33. The SMILES string of the molecule is FC(F)(F)c1cccc(CN(CCBr)C2CCC2)c1. The molecule has 0 atom stereocenters. The fraction of sp³-hybridized carbons (Fsp3) is 0.571. The monoisotopic (exact) mass is 335 g/mol. The van der Waals surface area contributed by atoms with Crippen molar-refractivity contribution < 1.29 is 13.2 Å². The molecule has 0 bridgehead atoms. The number of benzene rings is 1. The summed E-state index contributed by atoms with van der Waals surface area (Å²) in [5, 5.41) is 0.850. The highest BCUT2D eigenvalue weighted by atomic mass is 79.9. The molecule has 1 aromatic rings. The van der Waals surface area contributed by atoms with Crippen molar-refractivity contribution in [2.45, 2.75) is 38.0 Å². The third-order valence-electron chi connectivity index (χ3n) is 3.60. The Hall–Kier alpha value is -0.550. The molecule has 0 aliphatic heterocycles. The molecule has 0 heterocycles. The predicted molar refractivity (Wildman–Crippen MR) is 73.3 cm³/mol. The smallest absolute Gasteiger partial charge is 0.295 e. The fourth-order valence-corrected chi connectivity index (χ4v) is 2.79. The minimum atomic E-state index is -4.26. The number of hydrogen-bond acceptors (Lipinski definition) is 1. The lowest BCUT2D eigenvalue weighted by molar-refractivity contribution is -0.137. The number of nitrogens with zero attached hydrogens (tertiary/aromatic N) is 1. The quantitative estimate of drug-likeness (QED) is 0.718. The normalized spacial score (nSPS) is 16.7. The zero-order valence-corrected chi connectivity index (χ0v) is 12.2. The van der Waals surface area contributed by atoms with Gasteiger partial charge in [0, 0.05) is 24.5 Å². The molecule has 0 spiro atoms. The Morgan fingerprint density at radius 2 is 2.00 bits per heavy atom. The van der Waals surface area contributed by atoms with E-state index in [-0.39, 0.29) is 0 Å². The van der Waals surface area contributed by atoms with Gasteiger partial charge in [0.1, 0.15) is 0 Å².